The van der Waals surface area contributed by atoms with E-state index in [1.807, 2.05) is 0 Å². The third-order valence-corrected chi connectivity index (χ3v) is 0.375. The molecule has 0 spiro atoms. The molecular formula is C6H24Cl3N6O3Rh-6. The summed E-state index contributed by atoms with van der Waals surface area (Å²) >= 11 is 0. The Bertz CT molecular complexity index is 55.7. The first-order chi connectivity index (χ1) is 5.74. The Morgan fingerprint density at radius 2 is 0.421 bits per heavy atom. The van der Waals surface area contributed by atoms with E-state index in [1.165, 1.54) is 0 Å². The zero-order valence-corrected chi connectivity index (χ0v) is 14.1. The molecule has 132 valence electrons. The Morgan fingerprint density at radius 1 is 0.368 bits per heavy atom. The van der Waals surface area contributed by atoms with E-state index in [4.69, 9.17) is 34.4 Å². The predicted molar refractivity (Wildman–Crippen MR) is 66.0 cm³/mol. The first kappa shape index (κ1) is 71.8. The molecule has 0 fully saturated rings. The van der Waals surface area contributed by atoms with Crippen molar-refractivity contribution in [1.29, 1.82) is 0 Å². The Hall–Kier alpha value is 1.13. The van der Waals surface area contributed by atoms with E-state index >= 15 is 0 Å². The molecule has 0 aromatic rings. The summed E-state index contributed by atoms with van der Waals surface area (Å²) in [4.78, 5) is 0. The predicted octanol–water partition coefficient (Wildman–Crippen LogP) is -8.19. The van der Waals surface area contributed by atoms with Gasteiger partial charge in [0.15, 0.2) is 0 Å². The number of rotatable bonds is 3. The monoisotopic (exact) mass is 436 g/mol. The maximum atomic E-state index is 6.26. The van der Waals surface area contributed by atoms with Crippen LogP contribution >= 0.6 is 0 Å². The van der Waals surface area contributed by atoms with Gasteiger partial charge in [0.1, 0.15) is 0 Å². The minimum atomic E-state index is 0. The van der Waals surface area contributed by atoms with Crippen molar-refractivity contribution in [1.82, 2.24) is 0 Å². The van der Waals surface area contributed by atoms with Crippen LogP contribution in [-0.4, -0.2) is 55.7 Å². The molecule has 0 aliphatic carbocycles. The van der Waals surface area contributed by atoms with Crippen LogP contribution in [0.1, 0.15) is 0 Å². The van der Waals surface area contributed by atoms with E-state index in [0.29, 0.717) is 0 Å². The largest absolute Gasteiger partial charge is 3.00 e. The molecule has 0 aromatic heterocycles. The molecule has 0 rings (SSSR count). The van der Waals surface area contributed by atoms with Crippen molar-refractivity contribution >= 4 is 0 Å². The Balaban J connectivity index is -0.00000000675. The van der Waals surface area contributed by atoms with Crippen LogP contribution < -0.4 is 37.2 Å². The van der Waals surface area contributed by atoms with Crippen LogP contribution in [-0.2, 0) is 19.5 Å². The molecule has 0 saturated carbocycles. The van der Waals surface area contributed by atoms with Gasteiger partial charge in [-0.1, -0.05) is 0 Å². The van der Waals surface area contributed by atoms with Gasteiger partial charge < -0.3 is 88.1 Å². The smallest absolute Gasteiger partial charge is 1.00 e. The van der Waals surface area contributed by atoms with Crippen LogP contribution in [0.5, 0.6) is 0 Å². The molecule has 0 aromatic carbocycles. The zero-order chi connectivity index (χ0) is 10.2. The van der Waals surface area contributed by atoms with Crippen LogP contribution in [0.2, 0.25) is 0 Å². The van der Waals surface area contributed by atoms with Gasteiger partial charge in [0.05, 0.1) is 0 Å². The number of hydrogen-bond acceptors (Lipinski definition) is 0. The van der Waals surface area contributed by atoms with E-state index in [2.05, 4.69) is 0 Å². The SMILES string of the molecule is O.O.O.[Cl-].[Cl-].[Cl-].[NH-]CC[NH-].[NH-]CC[NH-].[NH-]CC[NH-].[Rh+3]. The third-order valence-electron chi connectivity index (χ3n) is 0.375. The zero-order valence-electron chi connectivity index (χ0n) is 10.2. The van der Waals surface area contributed by atoms with E-state index in [-0.39, 0.29) is 112 Å². The Kier molecular flexibility index (Phi) is 467. The van der Waals surface area contributed by atoms with Crippen LogP contribution in [0.4, 0.5) is 0 Å². The van der Waals surface area contributed by atoms with Crippen molar-refractivity contribution < 1.29 is 73.1 Å². The summed E-state index contributed by atoms with van der Waals surface area (Å²) in [6.07, 6.45) is 0. The summed E-state index contributed by atoms with van der Waals surface area (Å²) in [6.45, 7) is 1.42. The van der Waals surface area contributed by atoms with Crippen LogP contribution in [0, 0.1) is 0 Å². The molecule has 0 heterocycles. The van der Waals surface area contributed by atoms with E-state index in [0.717, 1.165) is 0 Å². The molecule has 0 saturated heterocycles. The standard InChI is InChI=1S/3C2H6N2.3ClH.3H2O.Rh/c3*3-1-2-4;;;;;;;/h3*3-4H,1-2H2;3*1H;3*1H2;/q3*-2;;;;;;;+3/p-3. The summed E-state index contributed by atoms with van der Waals surface area (Å²) in [5.41, 5.74) is 37.6. The second-order valence-corrected chi connectivity index (χ2v) is 1.50. The molecular weight excluding hydrogens is 413 g/mol. The second-order valence-electron chi connectivity index (χ2n) is 1.50. The van der Waals surface area contributed by atoms with Gasteiger partial charge in [0, 0.05) is 0 Å². The van der Waals surface area contributed by atoms with Crippen molar-refractivity contribution in [3.63, 3.8) is 0 Å². The summed E-state index contributed by atoms with van der Waals surface area (Å²) in [5.74, 6) is 0. The molecule has 0 unspecified atom stereocenters. The normalized spacial score (nSPS) is 4.74. The maximum Gasteiger partial charge on any atom is 3.00 e. The van der Waals surface area contributed by atoms with Crippen LogP contribution in [0.3, 0.4) is 0 Å². The van der Waals surface area contributed by atoms with Gasteiger partial charge in [-0.25, -0.2) is 0 Å². The van der Waals surface area contributed by atoms with E-state index < -0.39 is 0 Å². The first-order valence-electron chi connectivity index (χ1n) is 3.62. The number of nitrogens with one attached hydrogen (secondary N) is 6. The summed E-state index contributed by atoms with van der Waals surface area (Å²) in [5, 5.41) is 0. The third kappa shape index (κ3) is 329. The average molecular weight is 438 g/mol. The van der Waals surface area contributed by atoms with Gasteiger partial charge in [-0.15, -0.1) is 0 Å². The second kappa shape index (κ2) is 124. The molecule has 0 bridgehead atoms. The molecule has 0 amide bonds. The summed E-state index contributed by atoms with van der Waals surface area (Å²) in [7, 11) is 0. The van der Waals surface area contributed by atoms with Gasteiger partial charge in [-0.2, -0.15) is 39.3 Å². The molecule has 0 aliphatic heterocycles. The van der Waals surface area contributed by atoms with Crippen LogP contribution in [0.25, 0.3) is 34.4 Å². The van der Waals surface area contributed by atoms with Crippen molar-refractivity contribution in [3.8, 4) is 0 Å². The fourth-order valence-corrected chi connectivity index (χ4v) is 0. The van der Waals surface area contributed by atoms with Crippen LogP contribution in [0.15, 0.2) is 0 Å². The number of halogens is 3. The van der Waals surface area contributed by atoms with E-state index in [9.17, 15) is 0 Å². The van der Waals surface area contributed by atoms with Crippen molar-refractivity contribution in [3.05, 3.63) is 34.4 Å². The molecule has 0 radical (unpaired) electrons. The fourth-order valence-electron chi connectivity index (χ4n) is 0. The molecule has 9 nitrogen and oxygen atoms in total. The van der Waals surface area contributed by atoms with Gasteiger partial charge in [0.25, 0.3) is 0 Å². The summed E-state index contributed by atoms with van der Waals surface area (Å²) in [6, 6.07) is 0. The summed E-state index contributed by atoms with van der Waals surface area (Å²) < 4.78 is 0. The van der Waals surface area contributed by atoms with Crippen molar-refractivity contribution in [2.75, 3.05) is 39.3 Å². The van der Waals surface area contributed by atoms with Crippen molar-refractivity contribution in [2.24, 2.45) is 0 Å². The quantitative estimate of drug-likeness (QED) is 0.374. The first-order valence-corrected chi connectivity index (χ1v) is 3.62. The average Bonchev–Trinajstić information content (AvgIpc) is 2.18. The molecule has 0 atom stereocenters. The van der Waals surface area contributed by atoms with E-state index in [1.54, 1.807) is 0 Å². The minimum Gasteiger partial charge on any atom is -1.00 e. The fraction of sp³-hybridized carbons (Fsp3) is 1.00. The Morgan fingerprint density at radius 3 is 0.421 bits per heavy atom. The maximum absolute atomic E-state index is 6.26. The molecule has 0 aliphatic rings. The van der Waals surface area contributed by atoms with Gasteiger partial charge >= 0.3 is 19.5 Å². The minimum absolute atomic E-state index is 0. The Labute approximate surface area is 146 Å². The number of hydrogen-bond donors (Lipinski definition) is 0. The van der Waals surface area contributed by atoms with Gasteiger partial charge in [-0.3, -0.25) is 0 Å². The van der Waals surface area contributed by atoms with Gasteiger partial charge in [-0.05, 0) is 0 Å². The van der Waals surface area contributed by atoms with Gasteiger partial charge in [0.2, 0.25) is 0 Å². The molecule has 19 heavy (non-hydrogen) atoms. The molecule has 12 N–H and O–H groups in total. The molecule has 13 heteroatoms. The topological polar surface area (TPSA) is 237 Å². The van der Waals surface area contributed by atoms with Crippen molar-refractivity contribution in [2.45, 2.75) is 0 Å².